The topological polar surface area (TPSA) is 44.1 Å². The van der Waals surface area contributed by atoms with Crippen LogP contribution in [0.2, 0.25) is 0 Å². The van der Waals surface area contributed by atoms with Gasteiger partial charge in [0.25, 0.3) is 5.56 Å². The van der Waals surface area contributed by atoms with Gasteiger partial charge in [0.2, 0.25) is 0 Å². The van der Waals surface area contributed by atoms with E-state index < -0.39 is 0 Å². The first-order chi connectivity index (χ1) is 8.33. The summed E-state index contributed by atoms with van der Waals surface area (Å²) in [6.07, 6.45) is 1.56. The van der Waals surface area contributed by atoms with E-state index in [2.05, 4.69) is 17.6 Å². The van der Waals surface area contributed by atoms with Gasteiger partial charge in [0, 0.05) is 5.75 Å². The van der Waals surface area contributed by atoms with Crippen molar-refractivity contribution in [2.45, 2.75) is 6.54 Å². The van der Waals surface area contributed by atoms with Crippen molar-refractivity contribution in [2.75, 3.05) is 19.0 Å². The molecular formula is C12H14N2O2S. The Morgan fingerprint density at radius 2 is 2.12 bits per heavy atom. The molecule has 0 saturated heterocycles. The molecule has 0 aliphatic carbocycles. The summed E-state index contributed by atoms with van der Waals surface area (Å²) < 4.78 is 6.86. The Kier molecular flexibility index (Phi) is 4.17. The van der Waals surface area contributed by atoms with Gasteiger partial charge in [-0.1, -0.05) is 12.1 Å². The van der Waals surface area contributed by atoms with Gasteiger partial charge in [-0.15, -0.1) is 0 Å². The molecule has 90 valence electrons. The SMILES string of the molecule is O=c1c2ccccc2ncn1CCOCCS. The first-order valence-electron chi connectivity index (χ1n) is 5.45. The average molecular weight is 250 g/mol. The van der Waals surface area contributed by atoms with E-state index in [1.807, 2.05) is 18.2 Å². The molecule has 0 amide bonds. The Labute approximate surface area is 105 Å². The fourth-order valence-electron chi connectivity index (χ4n) is 1.59. The lowest BCUT2D eigenvalue weighted by atomic mass is 10.2. The number of nitrogens with zero attached hydrogens (tertiary/aromatic N) is 2. The van der Waals surface area contributed by atoms with Crippen molar-refractivity contribution >= 4 is 23.5 Å². The maximum atomic E-state index is 12.0. The molecule has 5 heteroatoms. The van der Waals surface area contributed by atoms with Gasteiger partial charge in [-0.25, -0.2) is 4.98 Å². The van der Waals surface area contributed by atoms with Gasteiger partial charge in [-0.2, -0.15) is 12.6 Å². The van der Waals surface area contributed by atoms with Gasteiger partial charge >= 0.3 is 0 Å². The molecule has 0 bridgehead atoms. The summed E-state index contributed by atoms with van der Waals surface area (Å²) in [6.45, 7) is 1.61. The van der Waals surface area contributed by atoms with E-state index in [9.17, 15) is 4.79 Å². The van der Waals surface area contributed by atoms with Gasteiger partial charge in [0.15, 0.2) is 0 Å². The number of thiol groups is 1. The van der Waals surface area contributed by atoms with Crippen LogP contribution in [0.1, 0.15) is 0 Å². The zero-order valence-corrected chi connectivity index (χ0v) is 10.3. The molecule has 0 saturated carbocycles. The normalized spacial score (nSPS) is 10.9. The number of ether oxygens (including phenoxy) is 1. The van der Waals surface area contributed by atoms with Crippen LogP contribution in [0.5, 0.6) is 0 Å². The second kappa shape index (κ2) is 5.84. The molecule has 0 aliphatic heterocycles. The largest absolute Gasteiger partial charge is 0.379 e. The first kappa shape index (κ1) is 12.1. The van der Waals surface area contributed by atoms with Crippen molar-refractivity contribution in [3.8, 4) is 0 Å². The zero-order valence-electron chi connectivity index (χ0n) is 9.37. The molecule has 0 spiro atoms. The fraction of sp³-hybridized carbons (Fsp3) is 0.333. The monoisotopic (exact) mass is 250 g/mol. The second-order valence-electron chi connectivity index (χ2n) is 3.60. The molecule has 0 atom stereocenters. The molecule has 0 aliphatic rings. The summed E-state index contributed by atoms with van der Waals surface area (Å²) in [5, 5.41) is 0.643. The molecule has 0 radical (unpaired) electrons. The van der Waals surface area contributed by atoms with E-state index in [-0.39, 0.29) is 5.56 Å². The van der Waals surface area contributed by atoms with Gasteiger partial charge in [-0.3, -0.25) is 9.36 Å². The third kappa shape index (κ3) is 2.87. The number of rotatable bonds is 5. The standard InChI is InChI=1S/C12H14N2O2S/c15-12-10-3-1-2-4-11(10)13-9-14(12)5-6-16-7-8-17/h1-4,9,17H,5-8H2. The highest BCUT2D eigenvalue weighted by Gasteiger charge is 2.02. The molecule has 1 heterocycles. The van der Waals surface area contributed by atoms with Crippen LogP contribution in [-0.4, -0.2) is 28.5 Å². The molecule has 0 N–H and O–H groups in total. The third-order valence-corrected chi connectivity index (χ3v) is 2.63. The molecule has 17 heavy (non-hydrogen) atoms. The molecule has 2 rings (SSSR count). The molecule has 4 nitrogen and oxygen atoms in total. The Hall–Kier alpha value is -1.33. The summed E-state index contributed by atoms with van der Waals surface area (Å²) in [7, 11) is 0. The summed E-state index contributed by atoms with van der Waals surface area (Å²) in [5.41, 5.74) is 0.704. The van der Waals surface area contributed by atoms with Gasteiger partial charge in [0.05, 0.1) is 37.0 Å². The summed E-state index contributed by atoms with van der Waals surface area (Å²) in [6, 6.07) is 7.33. The third-order valence-electron chi connectivity index (χ3n) is 2.44. The Balaban J connectivity index is 2.18. The van der Waals surface area contributed by atoms with Crippen molar-refractivity contribution in [1.82, 2.24) is 9.55 Å². The van der Waals surface area contributed by atoms with Crippen molar-refractivity contribution in [3.05, 3.63) is 40.9 Å². The lowest BCUT2D eigenvalue weighted by Crippen LogP contribution is -2.23. The van der Waals surface area contributed by atoms with E-state index in [1.54, 1.807) is 17.0 Å². The molecule has 2 aromatic rings. The molecule has 0 fully saturated rings. The van der Waals surface area contributed by atoms with Crippen LogP contribution in [-0.2, 0) is 11.3 Å². The van der Waals surface area contributed by atoms with E-state index in [0.29, 0.717) is 30.9 Å². The van der Waals surface area contributed by atoms with Crippen LogP contribution in [0, 0.1) is 0 Å². The predicted molar refractivity (Wildman–Crippen MR) is 70.7 cm³/mol. The lowest BCUT2D eigenvalue weighted by molar-refractivity contribution is 0.140. The van der Waals surface area contributed by atoms with E-state index in [1.165, 1.54) is 0 Å². The second-order valence-corrected chi connectivity index (χ2v) is 4.04. The Morgan fingerprint density at radius 1 is 1.29 bits per heavy atom. The summed E-state index contributed by atoms with van der Waals surface area (Å²) in [4.78, 5) is 16.3. The minimum Gasteiger partial charge on any atom is -0.379 e. The van der Waals surface area contributed by atoms with Gasteiger partial charge in [-0.05, 0) is 12.1 Å². The smallest absolute Gasteiger partial charge is 0.261 e. The van der Waals surface area contributed by atoms with Crippen molar-refractivity contribution in [3.63, 3.8) is 0 Å². The quantitative estimate of drug-likeness (QED) is 0.643. The minimum absolute atomic E-state index is 0.0231. The van der Waals surface area contributed by atoms with E-state index in [0.717, 1.165) is 5.52 Å². The zero-order chi connectivity index (χ0) is 12.1. The van der Waals surface area contributed by atoms with Crippen LogP contribution in [0.25, 0.3) is 10.9 Å². The van der Waals surface area contributed by atoms with Crippen molar-refractivity contribution in [2.24, 2.45) is 0 Å². The molecule has 1 aromatic carbocycles. The molecule has 1 aromatic heterocycles. The highest BCUT2D eigenvalue weighted by atomic mass is 32.1. The number of hydrogen-bond donors (Lipinski definition) is 1. The Bertz CT molecular complexity index is 553. The average Bonchev–Trinajstić information content (AvgIpc) is 2.37. The van der Waals surface area contributed by atoms with Crippen LogP contribution in [0.3, 0.4) is 0 Å². The molecule has 0 unspecified atom stereocenters. The maximum Gasteiger partial charge on any atom is 0.261 e. The number of fused-ring (bicyclic) bond motifs is 1. The van der Waals surface area contributed by atoms with Gasteiger partial charge in [0.1, 0.15) is 0 Å². The predicted octanol–water partition coefficient (Wildman–Crippen LogP) is 1.34. The first-order valence-corrected chi connectivity index (χ1v) is 6.09. The highest BCUT2D eigenvalue weighted by Crippen LogP contribution is 2.04. The highest BCUT2D eigenvalue weighted by molar-refractivity contribution is 7.80. The van der Waals surface area contributed by atoms with Gasteiger partial charge < -0.3 is 4.74 Å². The van der Waals surface area contributed by atoms with Crippen molar-refractivity contribution < 1.29 is 4.74 Å². The summed E-state index contributed by atoms with van der Waals surface area (Å²) in [5.74, 6) is 0.685. The fourth-order valence-corrected chi connectivity index (χ4v) is 1.72. The number of aromatic nitrogens is 2. The lowest BCUT2D eigenvalue weighted by Gasteiger charge is -2.06. The number of hydrogen-bond acceptors (Lipinski definition) is 4. The molecular weight excluding hydrogens is 236 g/mol. The number of para-hydroxylation sites is 1. The van der Waals surface area contributed by atoms with E-state index >= 15 is 0 Å². The van der Waals surface area contributed by atoms with E-state index in [4.69, 9.17) is 4.74 Å². The minimum atomic E-state index is -0.0231. The van der Waals surface area contributed by atoms with Crippen LogP contribution < -0.4 is 5.56 Å². The van der Waals surface area contributed by atoms with Crippen molar-refractivity contribution in [1.29, 1.82) is 0 Å². The number of benzene rings is 1. The van der Waals surface area contributed by atoms with Crippen LogP contribution in [0.15, 0.2) is 35.4 Å². The summed E-state index contributed by atoms with van der Waals surface area (Å²) >= 11 is 4.04. The van der Waals surface area contributed by atoms with Crippen LogP contribution in [0.4, 0.5) is 0 Å². The maximum absolute atomic E-state index is 12.0. The van der Waals surface area contributed by atoms with Crippen LogP contribution >= 0.6 is 12.6 Å². The Morgan fingerprint density at radius 3 is 2.94 bits per heavy atom.